The van der Waals surface area contributed by atoms with Crippen molar-refractivity contribution in [3.8, 4) is 0 Å². The number of hydrogen-bond donors (Lipinski definition) is 1. The molecule has 1 aromatic heterocycles. The summed E-state index contributed by atoms with van der Waals surface area (Å²) in [5, 5.41) is 7.69. The highest BCUT2D eigenvalue weighted by Gasteiger charge is 2.25. The van der Waals surface area contributed by atoms with E-state index in [1.54, 1.807) is 0 Å². The standard InChI is InChI=1S/C20H29N5O/c1-15-5-6-18(16(2)11-15)19-14-25(9-10-26-19)20(21-3)22-8-7-17-12-23-24(4)13-17/h5-6,11-13,19H,7-10,14H2,1-4H3,(H,21,22). The van der Waals surface area contributed by atoms with Crippen LogP contribution in [0.2, 0.25) is 0 Å². The molecule has 140 valence electrons. The number of nitrogens with zero attached hydrogens (tertiary/aromatic N) is 4. The number of nitrogens with one attached hydrogen (secondary N) is 1. The molecule has 1 atom stereocenters. The second kappa shape index (κ2) is 8.36. The van der Waals surface area contributed by atoms with Crippen LogP contribution in [-0.4, -0.2) is 53.9 Å². The third-order valence-electron chi connectivity index (χ3n) is 4.81. The lowest BCUT2D eigenvalue weighted by Crippen LogP contribution is -2.48. The minimum atomic E-state index is 0.0845. The van der Waals surface area contributed by atoms with E-state index >= 15 is 0 Å². The molecule has 0 radical (unpaired) electrons. The van der Waals surface area contributed by atoms with Gasteiger partial charge in [-0.3, -0.25) is 9.67 Å². The number of ether oxygens (including phenoxy) is 1. The van der Waals surface area contributed by atoms with E-state index < -0.39 is 0 Å². The van der Waals surface area contributed by atoms with Gasteiger partial charge in [-0.05, 0) is 37.0 Å². The quantitative estimate of drug-likeness (QED) is 0.675. The minimum Gasteiger partial charge on any atom is -0.370 e. The van der Waals surface area contributed by atoms with Gasteiger partial charge in [-0.2, -0.15) is 5.10 Å². The zero-order chi connectivity index (χ0) is 18.5. The largest absolute Gasteiger partial charge is 0.370 e. The summed E-state index contributed by atoms with van der Waals surface area (Å²) in [5.41, 5.74) is 5.07. The van der Waals surface area contributed by atoms with Crippen molar-refractivity contribution in [1.82, 2.24) is 20.0 Å². The molecule has 1 N–H and O–H groups in total. The van der Waals surface area contributed by atoms with Gasteiger partial charge in [0.1, 0.15) is 6.10 Å². The van der Waals surface area contributed by atoms with E-state index in [0.717, 1.165) is 32.0 Å². The second-order valence-electron chi connectivity index (χ2n) is 6.91. The summed E-state index contributed by atoms with van der Waals surface area (Å²) in [7, 11) is 3.78. The summed E-state index contributed by atoms with van der Waals surface area (Å²) in [6.45, 7) is 7.50. The van der Waals surface area contributed by atoms with Crippen LogP contribution >= 0.6 is 0 Å². The second-order valence-corrected chi connectivity index (χ2v) is 6.91. The summed E-state index contributed by atoms with van der Waals surface area (Å²) in [6.07, 6.45) is 4.98. The number of aryl methyl sites for hydroxylation is 3. The first-order chi connectivity index (χ1) is 12.6. The van der Waals surface area contributed by atoms with Gasteiger partial charge in [0.15, 0.2) is 5.96 Å². The van der Waals surface area contributed by atoms with Crippen LogP contribution in [0.5, 0.6) is 0 Å². The molecule has 0 bridgehead atoms. The third-order valence-corrected chi connectivity index (χ3v) is 4.81. The zero-order valence-corrected chi connectivity index (χ0v) is 16.2. The average Bonchev–Trinajstić information content (AvgIpc) is 3.04. The molecule has 0 spiro atoms. The molecule has 0 amide bonds. The van der Waals surface area contributed by atoms with Gasteiger partial charge in [0.05, 0.1) is 19.3 Å². The van der Waals surface area contributed by atoms with Gasteiger partial charge in [0.25, 0.3) is 0 Å². The van der Waals surface area contributed by atoms with Gasteiger partial charge in [-0.25, -0.2) is 0 Å². The van der Waals surface area contributed by atoms with Gasteiger partial charge in [-0.1, -0.05) is 23.8 Å². The fourth-order valence-corrected chi connectivity index (χ4v) is 3.47. The van der Waals surface area contributed by atoms with Crippen molar-refractivity contribution in [2.24, 2.45) is 12.0 Å². The molecule has 1 aliphatic heterocycles. The Bertz CT molecular complexity index is 767. The minimum absolute atomic E-state index is 0.0845. The highest BCUT2D eigenvalue weighted by molar-refractivity contribution is 5.80. The molecule has 3 rings (SSSR count). The van der Waals surface area contributed by atoms with Crippen LogP contribution in [0, 0.1) is 13.8 Å². The average molecular weight is 355 g/mol. The molecule has 26 heavy (non-hydrogen) atoms. The highest BCUT2D eigenvalue weighted by atomic mass is 16.5. The molecule has 0 aliphatic carbocycles. The normalized spacial score (nSPS) is 18.2. The van der Waals surface area contributed by atoms with E-state index in [-0.39, 0.29) is 6.10 Å². The maximum Gasteiger partial charge on any atom is 0.193 e. The van der Waals surface area contributed by atoms with Gasteiger partial charge in [-0.15, -0.1) is 0 Å². The first-order valence-corrected chi connectivity index (χ1v) is 9.18. The smallest absolute Gasteiger partial charge is 0.193 e. The van der Waals surface area contributed by atoms with E-state index in [9.17, 15) is 0 Å². The van der Waals surface area contributed by atoms with Crippen molar-refractivity contribution in [2.45, 2.75) is 26.4 Å². The molecule has 1 saturated heterocycles. The van der Waals surface area contributed by atoms with E-state index in [1.165, 1.54) is 22.3 Å². The maximum atomic E-state index is 6.05. The van der Waals surface area contributed by atoms with Crippen LogP contribution in [0.15, 0.2) is 35.6 Å². The molecule has 1 aromatic carbocycles. The van der Waals surface area contributed by atoms with Crippen molar-refractivity contribution < 1.29 is 4.74 Å². The number of aliphatic imine (C=N–C) groups is 1. The summed E-state index contributed by atoms with van der Waals surface area (Å²) in [6, 6.07) is 6.57. The lowest BCUT2D eigenvalue weighted by molar-refractivity contribution is -0.00830. The Kier molecular flexibility index (Phi) is 5.93. The van der Waals surface area contributed by atoms with Gasteiger partial charge < -0.3 is 15.0 Å². The highest BCUT2D eigenvalue weighted by Crippen LogP contribution is 2.25. The van der Waals surface area contributed by atoms with Crippen LogP contribution in [0.1, 0.15) is 28.4 Å². The van der Waals surface area contributed by atoms with Crippen LogP contribution in [-0.2, 0) is 18.2 Å². The van der Waals surface area contributed by atoms with Crippen molar-refractivity contribution in [2.75, 3.05) is 33.3 Å². The van der Waals surface area contributed by atoms with Gasteiger partial charge in [0, 0.05) is 33.4 Å². The van der Waals surface area contributed by atoms with E-state index in [1.807, 2.05) is 25.0 Å². The van der Waals surface area contributed by atoms with Gasteiger partial charge in [0.2, 0.25) is 0 Å². The monoisotopic (exact) mass is 355 g/mol. The fourth-order valence-electron chi connectivity index (χ4n) is 3.47. The number of morpholine rings is 1. The van der Waals surface area contributed by atoms with Crippen molar-refractivity contribution in [3.05, 3.63) is 52.8 Å². The summed E-state index contributed by atoms with van der Waals surface area (Å²) in [5.74, 6) is 0.937. The maximum absolute atomic E-state index is 6.05. The predicted octanol–water partition coefficient (Wildman–Crippen LogP) is 2.23. The lowest BCUT2D eigenvalue weighted by Gasteiger charge is -2.35. The SMILES string of the molecule is CN=C(NCCc1cnn(C)c1)N1CCOC(c2ccc(C)cc2C)C1. The van der Waals surface area contributed by atoms with Crippen LogP contribution in [0.4, 0.5) is 0 Å². The zero-order valence-electron chi connectivity index (χ0n) is 16.2. The Morgan fingerprint density at radius 1 is 1.38 bits per heavy atom. The molecule has 2 aromatic rings. The molecule has 6 nitrogen and oxygen atoms in total. The molecule has 1 unspecified atom stereocenters. The van der Waals surface area contributed by atoms with Crippen molar-refractivity contribution >= 4 is 5.96 Å². The summed E-state index contributed by atoms with van der Waals surface area (Å²) < 4.78 is 7.88. The predicted molar refractivity (Wildman–Crippen MR) is 104 cm³/mol. The Balaban J connectivity index is 1.59. The number of benzene rings is 1. The molecular formula is C20H29N5O. The van der Waals surface area contributed by atoms with Crippen LogP contribution < -0.4 is 5.32 Å². The number of hydrogen-bond acceptors (Lipinski definition) is 3. The Hall–Kier alpha value is -2.34. The Labute approximate surface area is 155 Å². The first kappa shape index (κ1) is 18.5. The van der Waals surface area contributed by atoms with E-state index in [2.05, 4.69) is 58.6 Å². The molecular weight excluding hydrogens is 326 g/mol. The first-order valence-electron chi connectivity index (χ1n) is 9.18. The van der Waals surface area contributed by atoms with Crippen LogP contribution in [0.25, 0.3) is 0 Å². The fraction of sp³-hybridized carbons (Fsp3) is 0.500. The molecule has 1 fully saturated rings. The summed E-state index contributed by atoms with van der Waals surface area (Å²) >= 11 is 0. The topological polar surface area (TPSA) is 54.7 Å². The number of guanidine groups is 1. The number of rotatable bonds is 4. The molecule has 6 heteroatoms. The van der Waals surface area contributed by atoms with E-state index in [4.69, 9.17) is 4.74 Å². The lowest BCUT2D eigenvalue weighted by atomic mass is 10.00. The molecule has 2 heterocycles. The van der Waals surface area contributed by atoms with Gasteiger partial charge >= 0.3 is 0 Å². The Morgan fingerprint density at radius 3 is 2.92 bits per heavy atom. The number of aromatic nitrogens is 2. The van der Waals surface area contributed by atoms with Crippen LogP contribution in [0.3, 0.4) is 0 Å². The third kappa shape index (κ3) is 4.43. The summed E-state index contributed by atoms with van der Waals surface area (Å²) in [4.78, 5) is 6.76. The molecule has 0 saturated carbocycles. The molecule has 1 aliphatic rings. The van der Waals surface area contributed by atoms with E-state index in [0.29, 0.717) is 6.61 Å². The Morgan fingerprint density at radius 2 is 2.23 bits per heavy atom. The van der Waals surface area contributed by atoms with Crippen molar-refractivity contribution in [1.29, 1.82) is 0 Å². The van der Waals surface area contributed by atoms with Crippen molar-refractivity contribution in [3.63, 3.8) is 0 Å².